The Morgan fingerprint density at radius 1 is 1.26 bits per heavy atom. The second kappa shape index (κ2) is 4.35. The van der Waals surface area contributed by atoms with Crippen LogP contribution in [-0.2, 0) is 5.54 Å². The molecule has 1 fully saturated rings. The number of nitrogens with two attached hydrogens (primary N) is 1. The number of hydrogen-bond donors (Lipinski definition) is 1. The molecule has 2 N–H and O–H groups in total. The lowest BCUT2D eigenvalue weighted by atomic mass is 9.78. The zero-order valence-corrected chi connectivity index (χ0v) is 11.4. The molecule has 0 atom stereocenters. The van der Waals surface area contributed by atoms with Gasteiger partial charge in [0.1, 0.15) is 16.6 Å². The zero-order chi connectivity index (χ0) is 13.6. The Hall–Kier alpha value is -1.33. The number of thiazole rings is 1. The van der Waals surface area contributed by atoms with Crippen LogP contribution in [0.2, 0.25) is 0 Å². The molecule has 0 bridgehead atoms. The Morgan fingerprint density at radius 2 is 2.00 bits per heavy atom. The van der Waals surface area contributed by atoms with E-state index in [0.29, 0.717) is 11.3 Å². The van der Waals surface area contributed by atoms with Crippen molar-refractivity contribution in [2.75, 3.05) is 0 Å². The van der Waals surface area contributed by atoms with Gasteiger partial charge in [0.25, 0.3) is 0 Å². The van der Waals surface area contributed by atoms with Crippen molar-refractivity contribution in [1.29, 1.82) is 0 Å². The lowest BCUT2D eigenvalue weighted by molar-refractivity contribution is 0.253. The van der Waals surface area contributed by atoms with Crippen LogP contribution in [0.3, 0.4) is 0 Å². The first-order valence-corrected chi connectivity index (χ1v) is 7.08. The van der Waals surface area contributed by atoms with E-state index in [-0.39, 0.29) is 11.1 Å². The van der Waals surface area contributed by atoms with E-state index >= 15 is 0 Å². The van der Waals surface area contributed by atoms with E-state index < -0.39 is 11.6 Å². The van der Waals surface area contributed by atoms with Gasteiger partial charge in [-0.05, 0) is 43.9 Å². The van der Waals surface area contributed by atoms with E-state index in [4.69, 9.17) is 5.73 Å². The van der Waals surface area contributed by atoms with Gasteiger partial charge in [0.15, 0.2) is 0 Å². The van der Waals surface area contributed by atoms with Crippen molar-refractivity contribution in [3.63, 3.8) is 0 Å². The quantitative estimate of drug-likeness (QED) is 0.910. The lowest BCUT2D eigenvalue weighted by Crippen LogP contribution is -2.43. The van der Waals surface area contributed by atoms with Gasteiger partial charge in [0.05, 0.1) is 11.2 Å². The molecule has 5 heteroatoms. The molecular weight excluding hydrogens is 266 g/mol. The molecule has 1 aliphatic rings. The first-order chi connectivity index (χ1) is 8.99. The summed E-state index contributed by atoms with van der Waals surface area (Å²) in [6.07, 6.45) is 2.91. The SMILES string of the molecule is Cc1cc(F)c(-c2csc(C3(N)CCC3)n2)cc1F. The molecule has 2 aromatic rings. The summed E-state index contributed by atoms with van der Waals surface area (Å²) >= 11 is 1.42. The predicted octanol–water partition coefficient (Wildman–Crippen LogP) is 3.73. The van der Waals surface area contributed by atoms with Gasteiger partial charge in [-0.25, -0.2) is 13.8 Å². The third-order valence-electron chi connectivity index (χ3n) is 3.70. The van der Waals surface area contributed by atoms with Gasteiger partial charge in [-0.1, -0.05) is 0 Å². The molecule has 100 valence electrons. The summed E-state index contributed by atoms with van der Waals surface area (Å²) in [6.45, 7) is 1.54. The van der Waals surface area contributed by atoms with Crippen molar-refractivity contribution in [2.45, 2.75) is 31.7 Å². The average molecular weight is 280 g/mol. The molecule has 19 heavy (non-hydrogen) atoms. The van der Waals surface area contributed by atoms with Crippen molar-refractivity contribution in [1.82, 2.24) is 4.98 Å². The highest BCUT2D eigenvalue weighted by molar-refractivity contribution is 7.10. The third kappa shape index (κ3) is 2.07. The predicted molar refractivity (Wildman–Crippen MR) is 71.9 cm³/mol. The van der Waals surface area contributed by atoms with Gasteiger partial charge in [0, 0.05) is 10.9 Å². The van der Waals surface area contributed by atoms with Crippen LogP contribution in [0.1, 0.15) is 29.8 Å². The number of halogens is 2. The van der Waals surface area contributed by atoms with Crippen LogP contribution in [0.25, 0.3) is 11.3 Å². The van der Waals surface area contributed by atoms with Crippen LogP contribution in [0, 0.1) is 18.6 Å². The van der Waals surface area contributed by atoms with Crippen molar-refractivity contribution in [3.05, 3.63) is 39.7 Å². The highest BCUT2D eigenvalue weighted by Gasteiger charge is 2.37. The summed E-state index contributed by atoms with van der Waals surface area (Å²) < 4.78 is 27.4. The van der Waals surface area contributed by atoms with E-state index in [2.05, 4.69) is 4.98 Å². The molecule has 2 nitrogen and oxygen atoms in total. The molecule has 1 aromatic carbocycles. The van der Waals surface area contributed by atoms with Gasteiger partial charge in [0.2, 0.25) is 0 Å². The molecule has 0 aliphatic heterocycles. The van der Waals surface area contributed by atoms with Gasteiger partial charge in [-0.3, -0.25) is 0 Å². The van der Waals surface area contributed by atoms with Crippen LogP contribution in [0.5, 0.6) is 0 Å². The largest absolute Gasteiger partial charge is 0.319 e. The van der Waals surface area contributed by atoms with Gasteiger partial charge in [-0.2, -0.15) is 0 Å². The van der Waals surface area contributed by atoms with E-state index in [9.17, 15) is 8.78 Å². The highest BCUT2D eigenvalue weighted by Crippen LogP contribution is 2.41. The summed E-state index contributed by atoms with van der Waals surface area (Å²) in [7, 11) is 0. The topological polar surface area (TPSA) is 38.9 Å². The Kier molecular flexibility index (Phi) is 2.91. The first-order valence-electron chi connectivity index (χ1n) is 6.20. The van der Waals surface area contributed by atoms with Crippen molar-refractivity contribution in [3.8, 4) is 11.3 Å². The number of aryl methyl sites for hydroxylation is 1. The summed E-state index contributed by atoms with van der Waals surface area (Å²) in [5, 5.41) is 2.56. The zero-order valence-electron chi connectivity index (χ0n) is 10.5. The standard InChI is InChI=1S/C14H14F2N2S/c1-8-5-11(16)9(6-10(8)15)12-7-19-13(18-12)14(17)3-2-4-14/h5-7H,2-4,17H2,1H3. The summed E-state index contributed by atoms with van der Waals surface area (Å²) in [5.41, 5.74) is 6.79. The summed E-state index contributed by atoms with van der Waals surface area (Å²) in [4.78, 5) is 4.39. The number of benzene rings is 1. The maximum Gasteiger partial charge on any atom is 0.133 e. The van der Waals surface area contributed by atoms with Crippen molar-refractivity contribution >= 4 is 11.3 Å². The van der Waals surface area contributed by atoms with Crippen LogP contribution < -0.4 is 5.73 Å². The van der Waals surface area contributed by atoms with Crippen molar-refractivity contribution in [2.24, 2.45) is 5.73 Å². The number of aromatic nitrogens is 1. The second-order valence-corrected chi connectivity index (χ2v) is 5.99. The summed E-state index contributed by atoms with van der Waals surface area (Å²) in [5.74, 6) is -0.868. The second-order valence-electron chi connectivity index (χ2n) is 5.13. The molecular formula is C14H14F2N2S. The number of rotatable bonds is 2. The normalized spacial score (nSPS) is 17.3. The average Bonchev–Trinajstić information content (AvgIpc) is 2.80. The molecule has 1 heterocycles. The maximum absolute atomic E-state index is 13.9. The minimum absolute atomic E-state index is 0.202. The van der Waals surface area contributed by atoms with Gasteiger partial charge < -0.3 is 5.73 Å². The van der Waals surface area contributed by atoms with Gasteiger partial charge >= 0.3 is 0 Å². The Morgan fingerprint density at radius 3 is 2.63 bits per heavy atom. The molecule has 1 saturated carbocycles. The van der Waals surface area contributed by atoms with Crippen molar-refractivity contribution < 1.29 is 8.78 Å². The molecule has 0 amide bonds. The fraction of sp³-hybridized carbons (Fsp3) is 0.357. The maximum atomic E-state index is 13.9. The van der Waals surface area contributed by atoms with Crippen LogP contribution >= 0.6 is 11.3 Å². The molecule has 0 radical (unpaired) electrons. The van der Waals surface area contributed by atoms with E-state index in [1.165, 1.54) is 30.4 Å². The Bertz CT molecular complexity index is 632. The smallest absolute Gasteiger partial charge is 0.133 e. The van der Waals surface area contributed by atoms with Crippen LogP contribution in [0.4, 0.5) is 8.78 Å². The molecule has 1 aromatic heterocycles. The number of hydrogen-bond acceptors (Lipinski definition) is 3. The van der Waals surface area contributed by atoms with Crippen LogP contribution in [-0.4, -0.2) is 4.98 Å². The number of nitrogens with zero attached hydrogens (tertiary/aromatic N) is 1. The fourth-order valence-electron chi connectivity index (χ4n) is 2.24. The monoisotopic (exact) mass is 280 g/mol. The fourth-order valence-corrected chi connectivity index (χ4v) is 3.23. The molecule has 1 aliphatic carbocycles. The Labute approximate surface area is 114 Å². The first kappa shape index (κ1) is 12.7. The van der Waals surface area contributed by atoms with Crippen LogP contribution in [0.15, 0.2) is 17.5 Å². The molecule has 3 rings (SSSR count). The molecule has 0 unspecified atom stereocenters. The van der Waals surface area contributed by atoms with Gasteiger partial charge in [-0.15, -0.1) is 11.3 Å². The third-order valence-corrected chi connectivity index (χ3v) is 4.76. The minimum Gasteiger partial charge on any atom is -0.319 e. The Balaban J connectivity index is 2.01. The molecule has 0 spiro atoms. The molecule has 0 saturated heterocycles. The van der Waals surface area contributed by atoms with E-state index in [1.807, 2.05) is 0 Å². The van der Waals surface area contributed by atoms with E-state index in [1.54, 1.807) is 5.38 Å². The minimum atomic E-state index is -0.449. The summed E-state index contributed by atoms with van der Waals surface area (Å²) in [6, 6.07) is 2.40. The highest BCUT2D eigenvalue weighted by atomic mass is 32.1. The lowest BCUT2D eigenvalue weighted by Gasteiger charge is -2.35. The van der Waals surface area contributed by atoms with E-state index in [0.717, 1.165) is 24.3 Å².